The highest BCUT2D eigenvalue weighted by atomic mass is 16.5. The van der Waals surface area contributed by atoms with Gasteiger partial charge < -0.3 is 10.1 Å². The number of hydrogen-bond donors (Lipinski definition) is 1. The molecule has 0 saturated heterocycles. The topological polar surface area (TPSA) is 21.3 Å². The predicted molar refractivity (Wildman–Crippen MR) is 91.9 cm³/mol. The minimum Gasteiger partial charge on any atom is -0.496 e. The summed E-state index contributed by atoms with van der Waals surface area (Å²) in [5, 5.41) is 5.98. The van der Waals surface area contributed by atoms with Crippen molar-refractivity contribution in [3.05, 3.63) is 47.5 Å². The zero-order valence-electron chi connectivity index (χ0n) is 13.3. The molecule has 2 rings (SSSR count). The van der Waals surface area contributed by atoms with Crippen LogP contribution < -0.4 is 10.1 Å². The van der Waals surface area contributed by atoms with E-state index >= 15 is 0 Å². The first-order valence-electron chi connectivity index (χ1n) is 7.76. The Morgan fingerprint density at radius 3 is 2.67 bits per heavy atom. The molecule has 0 unspecified atom stereocenters. The lowest BCUT2D eigenvalue weighted by atomic mass is 10.0. The van der Waals surface area contributed by atoms with Crippen LogP contribution in [-0.4, -0.2) is 20.2 Å². The normalized spacial score (nSPS) is 11.9. The number of hydrogen-bond acceptors (Lipinski definition) is 2. The van der Waals surface area contributed by atoms with Gasteiger partial charge in [0.2, 0.25) is 0 Å². The summed E-state index contributed by atoms with van der Waals surface area (Å²) in [7, 11) is 1.74. The molecule has 0 radical (unpaired) electrons. The van der Waals surface area contributed by atoms with Crippen molar-refractivity contribution < 1.29 is 4.74 Å². The van der Waals surface area contributed by atoms with Gasteiger partial charge in [-0.15, -0.1) is 0 Å². The number of nitrogens with one attached hydrogen (secondary N) is 1. The van der Waals surface area contributed by atoms with Crippen LogP contribution in [0.15, 0.2) is 42.0 Å². The molecule has 2 heteroatoms. The molecule has 2 aromatic carbocycles. The third kappa shape index (κ3) is 3.85. The molecule has 0 atom stereocenters. The molecular formula is C19H25NO. The quantitative estimate of drug-likeness (QED) is 0.747. The average molecular weight is 283 g/mol. The molecule has 0 heterocycles. The van der Waals surface area contributed by atoms with Crippen LogP contribution in [-0.2, 0) is 0 Å². The van der Waals surface area contributed by atoms with Crippen molar-refractivity contribution in [1.29, 1.82) is 0 Å². The highest BCUT2D eigenvalue weighted by Gasteiger charge is 2.07. The first kappa shape index (κ1) is 15.6. The molecule has 0 amide bonds. The molecule has 2 nitrogen and oxygen atoms in total. The Kier molecular flexibility index (Phi) is 5.82. The van der Waals surface area contributed by atoms with Gasteiger partial charge in [-0.25, -0.2) is 0 Å². The van der Waals surface area contributed by atoms with Crippen LogP contribution in [0.3, 0.4) is 0 Å². The van der Waals surface area contributed by atoms with Crippen molar-refractivity contribution in [2.45, 2.75) is 26.7 Å². The fourth-order valence-corrected chi connectivity index (χ4v) is 2.51. The molecule has 0 fully saturated rings. The molecular weight excluding hydrogens is 258 g/mol. The van der Waals surface area contributed by atoms with Crippen molar-refractivity contribution in [3.63, 3.8) is 0 Å². The summed E-state index contributed by atoms with van der Waals surface area (Å²) < 4.78 is 5.56. The second kappa shape index (κ2) is 7.84. The van der Waals surface area contributed by atoms with Gasteiger partial charge in [-0.1, -0.05) is 55.8 Å². The van der Waals surface area contributed by atoms with E-state index in [1.54, 1.807) is 7.11 Å². The van der Waals surface area contributed by atoms with Gasteiger partial charge in [-0.05, 0) is 36.2 Å². The predicted octanol–water partition coefficient (Wildman–Crippen LogP) is 4.64. The van der Waals surface area contributed by atoms with E-state index in [0.29, 0.717) is 0 Å². The number of ether oxygens (including phenoxy) is 1. The Hall–Kier alpha value is -1.80. The van der Waals surface area contributed by atoms with E-state index in [9.17, 15) is 0 Å². The number of methoxy groups -OCH3 is 1. The van der Waals surface area contributed by atoms with E-state index in [2.05, 4.69) is 61.6 Å². The first-order chi connectivity index (χ1) is 10.3. The maximum Gasteiger partial charge on any atom is 0.126 e. The van der Waals surface area contributed by atoms with E-state index in [1.807, 2.05) is 0 Å². The SMILES string of the molecule is CCCNCC(=Cc1c(OC)ccc2ccccc12)CC. The third-order valence-corrected chi connectivity index (χ3v) is 3.73. The van der Waals surface area contributed by atoms with Gasteiger partial charge in [0.25, 0.3) is 0 Å². The van der Waals surface area contributed by atoms with Gasteiger partial charge in [0.05, 0.1) is 7.11 Å². The maximum atomic E-state index is 5.56. The summed E-state index contributed by atoms with van der Waals surface area (Å²) >= 11 is 0. The van der Waals surface area contributed by atoms with Crippen LogP contribution in [0.4, 0.5) is 0 Å². The van der Waals surface area contributed by atoms with Gasteiger partial charge in [0.1, 0.15) is 5.75 Å². The Balaban J connectivity index is 2.42. The van der Waals surface area contributed by atoms with Gasteiger partial charge in [0, 0.05) is 12.1 Å². The molecule has 0 aromatic heterocycles. The molecule has 112 valence electrons. The molecule has 0 spiro atoms. The van der Waals surface area contributed by atoms with Crippen LogP contribution in [0.2, 0.25) is 0 Å². The van der Waals surface area contributed by atoms with Crippen LogP contribution in [0.1, 0.15) is 32.3 Å². The smallest absolute Gasteiger partial charge is 0.126 e. The van der Waals surface area contributed by atoms with Crippen molar-refractivity contribution in [3.8, 4) is 5.75 Å². The van der Waals surface area contributed by atoms with Crippen molar-refractivity contribution >= 4 is 16.8 Å². The van der Waals surface area contributed by atoms with Crippen LogP contribution in [0.25, 0.3) is 16.8 Å². The fourth-order valence-electron chi connectivity index (χ4n) is 2.51. The largest absolute Gasteiger partial charge is 0.496 e. The first-order valence-corrected chi connectivity index (χ1v) is 7.76. The van der Waals surface area contributed by atoms with E-state index < -0.39 is 0 Å². The summed E-state index contributed by atoms with van der Waals surface area (Å²) in [6.07, 6.45) is 4.49. The standard InChI is InChI=1S/C19H25NO/c1-4-12-20-14-15(5-2)13-18-17-9-7-6-8-16(17)10-11-19(18)21-3/h6-11,13,20H,4-5,12,14H2,1-3H3. The number of benzene rings is 2. The third-order valence-electron chi connectivity index (χ3n) is 3.73. The minimum absolute atomic E-state index is 0.940. The lowest BCUT2D eigenvalue weighted by Crippen LogP contribution is -2.17. The van der Waals surface area contributed by atoms with Crippen molar-refractivity contribution in [1.82, 2.24) is 5.32 Å². The van der Waals surface area contributed by atoms with Crippen LogP contribution in [0, 0.1) is 0 Å². The highest BCUT2D eigenvalue weighted by molar-refractivity contribution is 5.93. The Bertz CT molecular complexity index is 616. The molecule has 21 heavy (non-hydrogen) atoms. The summed E-state index contributed by atoms with van der Waals surface area (Å²) in [6.45, 7) is 6.40. The van der Waals surface area contributed by atoms with E-state index in [1.165, 1.54) is 21.9 Å². The summed E-state index contributed by atoms with van der Waals surface area (Å²) in [6, 6.07) is 12.6. The van der Waals surface area contributed by atoms with Crippen LogP contribution in [0.5, 0.6) is 5.75 Å². The second-order valence-corrected chi connectivity index (χ2v) is 5.24. The fraction of sp³-hybridized carbons (Fsp3) is 0.368. The molecule has 0 aliphatic heterocycles. The van der Waals surface area contributed by atoms with E-state index in [-0.39, 0.29) is 0 Å². The Labute approximate surface area is 127 Å². The lowest BCUT2D eigenvalue weighted by molar-refractivity contribution is 0.414. The molecule has 0 bridgehead atoms. The zero-order chi connectivity index (χ0) is 15.1. The second-order valence-electron chi connectivity index (χ2n) is 5.24. The summed E-state index contributed by atoms with van der Waals surface area (Å²) in [5.41, 5.74) is 2.59. The van der Waals surface area contributed by atoms with Crippen LogP contribution >= 0.6 is 0 Å². The molecule has 0 aliphatic rings. The molecule has 0 saturated carbocycles. The van der Waals surface area contributed by atoms with E-state index in [0.717, 1.165) is 31.7 Å². The Morgan fingerprint density at radius 1 is 1.14 bits per heavy atom. The monoisotopic (exact) mass is 283 g/mol. The minimum atomic E-state index is 0.940. The van der Waals surface area contributed by atoms with Gasteiger partial charge in [-0.2, -0.15) is 0 Å². The van der Waals surface area contributed by atoms with Crippen molar-refractivity contribution in [2.24, 2.45) is 0 Å². The summed E-state index contributed by atoms with van der Waals surface area (Å²) in [4.78, 5) is 0. The zero-order valence-corrected chi connectivity index (χ0v) is 13.3. The van der Waals surface area contributed by atoms with E-state index in [4.69, 9.17) is 4.74 Å². The number of fused-ring (bicyclic) bond motifs is 1. The molecule has 0 aliphatic carbocycles. The van der Waals surface area contributed by atoms with Gasteiger partial charge >= 0.3 is 0 Å². The van der Waals surface area contributed by atoms with Crippen molar-refractivity contribution in [2.75, 3.05) is 20.2 Å². The lowest BCUT2D eigenvalue weighted by Gasteiger charge is -2.12. The Morgan fingerprint density at radius 2 is 1.95 bits per heavy atom. The highest BCUT2D eigenvalue weighted by Crippen LogP contribution is 2.30. The average Bonchev–Trinajstić information content (AvgIpc) is 2.54. The van der Waals surface area contributed by atoms with Gasteiger partial charge in [-0.3, -0.25) is 0 Å². The molecule has 1 N–H and O–H groups in total. The molecule has 2 aromatic rings. The number of rotatable bonds is 7. The van der Waals surface area contributed by atoms with Gasteiger partial charge in [0.15, 0.2) is 0 Å². The maximum absolute atomic E-state index is 5.56. The summed E-state index contributed by atoms with van der Waals surface area (Å²) in [5.74, 6) is 0.940.